The van der Waals surface area contributed by atoms with Gasteiger partial charge in [0.15, 0.2) is 6.73 Å². The van der Waals surface area contributed by atoms with Gasteiger partial charge in [0.05, 0.1) is 0 Å². The van der Waals surface area contributed by atoms with Crippen molar-refractivity contribution in [1.82, 2.24) is 15.5 Å². The summed E-state index contributed by atoms with van der Waals surface area (Å²) in [4.78, 5) is 24.8. The maximum Gasteiger partial charge on any atom is 0.317 e. The van der Waals surface area contributed by atoms with Crippen LogP contribution in [-0.4, -0.2) is 43.2 Å². The average molecular weight is 305 g/mol. The maximum atomic E-state index is 11.6. The molecular formula is C16H23N3O3. The Morgan fingerprint density at radius 3 is 2.73 bits per heavy atom. The van der Waals surface area contributed by atoms with Gasteiger partial charge in [-0.15, -0.1) is 0 Å². The summed E-state index contributed by atoms with van der Waals surface area (Å²) in [5, 5.41) is 5.38. The molecule has 1 heterocycles. The van der Waals surface area contributed by atoms with Gasteiger partial charge in [0, 0.05) is 26.1 Å². The summed E-state index contributed by atoms with van der Waals surface area (Å²) >= 11 is 0. The number of nitrogens with one attached hydrogen (secondary N) is 2. The van der Waals surface area contributed by atoms with Crippen molar-refractivity contribution in [3.8, 4) is 5.75 Å². The molecule has 120 valence electrons. The van der Waals surface area contributed by atoms with Crippen molar-refractivity contribution in [2.45, 2.75) is 26.2 Å². The van der Waals surface area contributed by atoms with E-state index in [0.29, 0.717) is 19.5 Å². The predicted molar refractivity (Wildman–Crippen MR) is 83.6 cm³/mol. The fourth-order valence-corrected chi connectivity index (χ4v) is 2.29. The lowest BCUT2D eigenvalue weighted by Gasteiger charge is -2.15. The van der Waals surface area contributed by atoms with Gasteiger partial charge in [-0.05, 0) is 31.9 Å². The molecule has 0 aliphatic carbocycles. The minimum absolute atomic E-state index is 0.125. The highest BCUT2D eigenvalue weighted by molar-refractivity contribution is 5.78. The first-order valence-electron chi connectivity index (χ1n) is 7.64. The van der Waals surface area contributed by atoms with Crippen LogP contribution in [0.2, 0.25) is 0 Å². The minimum atomic E-state index is -0.264. The third-order valence-corrected chi connectivity index (χ3v) is 3.55. The lowest BCUT2D eigenvalue weighted by molar-refractivity contribution is -0.127. The van der Waals surface area contributed by atoms with E-state index in [1.54, 1.807) is 0 Å². The Balaban J connectivity index is 1.52. The van der Waals surface area contributed by atoms with Crippen LogP contribution in [0.3, 0.4) is 0 Å². The van der Waals surface area contributed by atoms with Crippen molar-refractivity contribution in [3.63, 3.8) is 0 Å². The van der Waals surface area contributed by atoms with Gasteiger partial charge in [-0.25, -0.2) is 4.79 Å². The molecule has 3 amide bonds. The first-order valence-corrected chi connectivity index (χ1v) is 7.64. The highest BCUT2D eigenvalue weighted by atomic mass is 16.5. The molecule has 0 saturated carbocycles. The molecule has 0 bridgehead atoms. The Morgan fingerprint density at radius 2 is 2.05 bits per heavy atom. The van der Waals surface area contributed by atoms with E-state index in [1.807, 2.05) is 36.1 Å². The van der Waals surface area contributed by atoms with Gasteiger partial charge in [-0.2, -0.15) is 0 Å². The van der Waals surface area contributed by atoms with Gasteiger partial charge in [0.1, 0.15) is 5.75 Å². The third-order valence-electron chi connectivity index (χ3n) is 3.55. The molecule has 1 aromatic carbocycles. The van der Waals surface area contributed by atoms with Gasteiger partial charge in [0.2, 0.25) is 5.91 Å². The molecule has 1 aliphatic heterocycles. The smallest absolute Gasteiger partial charge is 0.317 e. The lowest BCUT2D eigenvalue weighted by atomic mass is 10.2. The first kappa shape index (κ1) is 16.1. The quantitative estimate of drug-likeness (QED) is 0.594. The molecule has 0 radical (unpaired) electrons. The maximum absolute atomic E-state index is 11.6. The van der Waals surface area contributed by atoms with E-state index in [4.69, 9.17) is 4.74 Å². The van der Waals surface area contributed by atoms with Crippen molar-refractivity contribution in [3.05, 3.63) is 29.8 Å². The van der Waals surface area contributed by atoms with E-state index in [1.165, 1.54) is 0 Å². The number of hydrogen-bond acceptors (Lipinski definition) is 3. The van der Waals surface area contributed by atoms with Crippen LogP contribution in [0.4, 0.5) is 4.79 Å². The molecule has 2 N–H and O–H groups in total. The summed E-state index contributed by atoms with van der Waals surface area (Å²) in [6.45, 7) is 4.22. The molecule has 1 fully saturated rings. The highest BCUT2D eigenvalue weighted by Crippen LogP contribution is 2.10. The van der Waals surface area contributed by atoms with Crippen LogP contribution in [-0.2, 0) is 4.79 Å². The summed E-state index contributed by atoms with van der Waals surface area (Å²) in [6.07, 6.45) is 2.37. The van der Waals surface area contributed by atoms with E-state index in [9.17, 15) is 9.59 Å². The molecule has 6 heteroatoms. The Kier molecular flexibility index (Phi) is 6.06. The summed E-state index contributed by atoms with van der Waals surface area (Å²) in [6, 6.07) is 7.37. The largest absolute Gasteiger partial charge is 0.473 e. The molecule has 1 aliphatic rings. The van der Waals surface area contributed by atoms with Crippen molar-refractivity contribution in [2.75, 3.05) is 26.4 Å². The molecule has 0 aromatic heterocycles. The van der Waals surface area contributed by atoms with Crippen LogP contribution in [0.15, 0.2) is 24.3 Å². The second kappa shape index (κ2) is 8.26. The molecule has 2 rings (SSSR count). The summed E-state index contributed by atoms with van der Waals surface area (Å²) < 4.78 is 5.41. The van der Waals surface area contributed by atoms with Gasteiger partial charge in [-0.1, -0.05) is 17.7 Å². The number of hydrogen-bond donors (Lipinski definition) is 2. The molecule has 6 nitrogen and oxygen atoms in total. The summed E-state index contributed by atoms with van der Waals surface area (Å²) in [5.41, 5.74) is 1.16. The van der Waals surface area contributed by atoms with E-state index >= 15 is 0 Å². The second-order valence-electron chi connectivity index (χ2n) is 5.37. The number of aryl methyl sites for hydroxylation is 1. The average Bonchev–Trinajstić information content (AvgIpc) is 2.91. The molecular weight excluding hydrogens is 282 g/mol. The Bertz CT molecular complexity index is 502. The van der Waals surface area contributed by atoms with Gasteiger partial charge >= 0.3 is 6.03 Å². The van der Waals surface area contributed by atoms with Crippen molar-refractivity contribution >= 4 is 11.9 Å². The van der Waals surface area contributed by atoms with E-state index in [-0.39, 0.29) is 18.7 Å². The first-order chi connectivity index (χ1) is 10.6. The number of rotatable bonds is 7. The number of urea groups is 1. The topological polar surface area (TPSA) is 70.7 Å². The van der Waals surface area contributed by atoms with Crippen LogP contribution in [0.25, 0.3) is 0 Å². The van der Waals surface area contributed by atoms with Gasteiger partial charge in [-0.3, -0.25) is 4.79 Å². The number of carbonyl (C=O) groups excluding carboxylic acids is 2. The number of nitrogens with zero attached hydrogens (tertiary/aromatic N) is 1. The van der Waals surface area contributed by atoms with E-state index < -0.39 is 0 Å². The predicted octanol–water partition coefficient (Wildman–Crippen LogP) is 1.64. The number of amides is 3. The Labute approximate surface area is 130 Å². The summed E-state index contributed by atoms with van der Waals surface area (Å²) in [7, 11) is 0. The minimum Gasteiger partial charge on any atom is -0.473 e. The van der Waals surface area contributed by atoms with Crippen LogP contribution in [0.1, 0.15) is 24.8 Å². The standard InChI is InChI=1S/C16H23N3O3/c1-13-5-7-14(8-6-13)22-12-18-16(21)17-9-3-11-19-10-2-4-15(19)20/h5-8H,2-4,9-12H2,1H3,(H2,17,18,21). The zero-order chi connectivity index (χ0) is 15.8. The fourth-order valence-electron chi connectivity index (χ4n) is 2.29. The summed E-state index contributed by atoms with van der Waals surface area (Å²) in [5.74, 6) is 0.939. The zero-order valence-electron chi connectivity index (χ0n) is 12.9. The van der Waals surface area contributed by atoms with E-state index in [2.05, 4.69) is 10.6 Å². The Hall–Kier alpha value is -2.24. The molecule has 0 atom stereocenters. The number of benzene rings is 1. The lowest BCUT2D eigenvalue weighted by Crippen LogP contribution is -2.39. The molecule has 1 aromatic rings. The SMILES string of the molecule is Cc1ccc(OCNC(=O)NCCCN2CCCC2=O)cc1. The fraction of sp³-hybridized carbons (Fsp3) is 0.500. The van der Waals surface area contributed by atoms with Crippen molar-refractivity contribution in [2.24, 2.45) is 0 Å². The monoisotopic (exact) mass is 305 g/mol. The second-order valence-corrected chi connectivity index (χ2v) is 5.37. The van der Waals surface area contributed by atoms with Crippen molar-refractivity contribution in [1.29, 1.82) is 0 Å². The molecule has 1 saturated heterocycles. The number of carbonyl (C=O) groups is 2. The number of ether oxygens (including phenoxy) is 1. The number of likely N-dealkylation sites (tertiary alicyclic amines) is 1. The normalized spacial score (nSPS) is 14.0. The molecule has 0 unspecified atom stereocenters. The van der Waals surface area contributed by atoms with E-state index in [0.717, 1.165) is 30.7 Å². The Morgan fingerprint density at radius 1 is 1.27 bits per heavy atom. The molecule has 22 heavy (non-hydrogen) atoms. The molecule has 0 spiro atoms. The zero-order valence-corrected chi connectivity index (χ0v) is 12.9. The third kappa shape index (κ3) is 5.27. The van der Waals surface area contributed by atoms with Crippen LogP contribution in [0.5, 0.6) is 5.75 Å². The van der Waals surface area contributed by atoms with Gasteiger partial charge < -0.3 is 20.3 Å². The van der Waals surface area contributed by atoms with Crippen LogP contribution < -0.4 is 15.4 Å². The van der Waals surface area contributed by atoms with Crippen molar-refractivity contribution < 1.29 is 14.3 Å². The highest BCUT2D eigenvalue weighted by Gasteiger charge is 2.18. The van der Waals surface area contributed by atoms with Crippen LogP contribution in [0, 0.1) is 6.92 Å². The van der Waals surface area contributed by atoms with Gasteiger partial charge in [0.25, 0.3) is 0 Å². The van der Waals surface area contributed by atoms with Crippen LogP contribution >= 0.6 is 0 Å².